The molecule has 3 nitrogen and oxygen atoms in total. The summed E-state index contributed by atoms with van der Waals surface area (Å²) >= 11 is 3.64. The Labute approximate surface area is 129 Å². The van der Waals surface area contributed by atoms with Crippen LogP contribution in [0.15, 0.2) is 36.5 Å². The van der Waals surface area contributed by atoms with E-state index in [4.69, 9.17) is 4.74 Å². The summed E-state index contributed by atoms with van der Waals surface area (Å²) in [7, 11) is 3.70. The zero-order valence-electron chi connectivity index (χ0n) is 12.1. The average molecular weight is 337 g/mol. The van der Waals surface area contributed by atoms with Gasteiger partial charge in [0.15, 0.2) is 0 Å². The van der Waals surface area contributed by atoms with Crippen molar-refractivity contribution in [3.05, 3.63) is 47.8 Å². The van der Waals surface area contributed by atoms with Crippen molar-refractivity contribution in [2.24, 2.45) is 13.0 Å². The minimum Gasteiger partial charge on any atom is -0.497 e. The summed E-state index contributed by atoms with van der Waals surface area (Å²) in [6, 6.07) is 10.5. The molecule has 0 aliphatic heterocycles. The van der Waals surface area contributed by atoms with E-state index in [1.54, 1.807) is 7.11 Å². The van der Waals surface area contributed by atoms with E-state index in [9.17, 15) is 0 Å². The van der Waals surface area contributed by atoms with Crippen LogP contribution in [0.2, 0.25) is 0 Å². The van der Waals surface area contributed by atoms with Gasteiger partial charge in [-0.15, -0.1) is 0 Å². The second kappa shape index (κ2) is 7.48. The van der Waals surface area contributed by atoms with Crippen molar-refractivity contribution in [3.63, 3.8) is 0 Å². The number of rotatable bonds is 7. The Kier molecular flexibility index (Phi) is 5.65. The van der Waals surface area contributed by atoms with Crippen molar-refractivity contribution in [1.29, 1.82) is 0 Å². The van der Waals surface area contributed by atoms with Gasteiger partial charge in [-0.3, -0.25) is 4.68 Å². The fourth-order valence-corrected chi connectivity index (χ4v) is 2.88. The summed E-state index contributed by atoms with van der Waals surface area (Å²) < 4.78 is 7.15. The van der Waals surface area contributed by atoms with Crippen LogP contribution >= 0.6 is 15.9 Å². The standard InChI is InChI=1S/C16H21BrN2O/c1-19-15(9-10-18-19)6-3-14(12-17)11-13-4-7-16(20-2)8-5-13/h4-5,7-10,14H,3,6,11-12H2,1-2H3. The van der Waals surface area contributed by atoms with Gasteiger partial charge < -0.3 is 4.74 Å². The number of aryl methyl sites for hydroxylation is 2. The normalized spacial score (nSPS) is 12.3. The first-order valence-electron chi connectivity index (χ1n) is 6.88. The quantitative estimate of drug-likeness (QED) is 0.722. The predicted octanol–water partition coefficient (Wildman–Crippen LogP) is 3.62. The maximum atomic E-state index is 5.19. The second-order valence-electron chi connectivity index (χ2n) is 5.06. The lowest BCUT2D eigenvalue weighted by Gasteiger charge is -2.14. The van der Waals surface area contributed by atoms with Gasteiger partial charge in [-0.1, -0.05) is 28.1 Å². The van der Waals surface area contributed by atoms with E-state index in [0.29, 0.717) is 5.92 Å². The van der Waals surface area contributed by atoms with Crippen LogP contribution in [0.3, 0.4) is 0 Å². The third kappa shape index (κ3) is 4.10. The van der Waals surface area contributed by atoms with Gasteiger partial charge in [0.2, 0.25) is 0 Å². The minimum absolute atomic E-state index is 0.637. The Balaban J connectivity index is 1.89. The summed E-state index contributed by atoms with van der Waals surface area (Å²) in [5.41, 5.74) is 2.66. The first kappa shape index (κ1) is 15.1. The van der Waals surface area contributed by atoms with E-state index in [1.165, 1.54) is 11.3 Å². The van der Waals surface area contributed by atoms with Crippen LogP contribution < -0.4 is 4.74 Å². The Morgan fingerprint density at radius 2 is 2.00 bits per heavy atom. The summed E-state index contributed by atoms with van der Waals surface area (Å²) in [5.74, 6) is 1.55. The Morgan fingerprint density at radius 3 is 2.55 bits per heavy atom. The Morgan fingerprint density at radius 1 is 1.25 bits per heavy atom. The van der Waals surface area contributed by atoms with E-state index in [2.05, 4.69) is 39.2 Å². The van der Waals surface area contributed by atoms with Gasteiger partial charge in [0.25, 0.3) is 0 Å². The number of methoxy groups -OCH3 is 1. The van der Waals surface area contributed by atoms with Gasteiger partial charge >= 0.3 is 0 Å². The molecule has 0 aliphatic carbocycles. The molecule has 108 valence electrons. The molecular formula is C16H21BrN2O. The lowest BCUT2D eigenvalue weighted by molar-refractivity contribution is 0.414. The number of halogens is 1. The first-order chi connectivity index (χ1) is 9.72. The Hall–Kier alpha value is -1.29. The van der Waals surface area contributed by atoms with Crippen LogP contribution in [-0.2, 0) is 19.9 Å². The van der Waals surface area contributed by atoms with E-state index in [-0.39, 0.29) is 0 Å². The van der Waals surface area contributed by atoms with E-state index >= 15 is 0 Å². The number of hydrogen-bond acceptors (Lipinski definition) is 2. The molecule has 0 fully saturated rings. The van der Waals surface area contributed by atoms with Crippen LogP contribution in [-0.4, -0.2) is 22.2 Å². The van der Waals surface area contributed by atoms with Crippen LogP contribution in [0.5, 0.6) is 5.75 Å². The van der Waals surface area contributed by atoms with Gasteiger partial charge in [0.1, 0.15) is 5.75 Å². The molecule has 1 aromatic carbocycles. The highest BCUT2D eigenvalue weighted by Gasteiger charge is 2.10. The molecule has 2 rings (SSSR count). The molecule has 1 atom stereocenters. The monoisotopic (exact) mass is 336 g/mol. The van der Waals surface area contributed by atoms with Gasteiger partial charge in [0, 0.05) is 24.3 Å². The van der Waals surface area contributed by atoms with Gasteiger partial charge in [-0.25, -0.2) is 0 Å². The predicted molar refractivity (Wildman–Crippen MR) is 85.5 cm³/mol. The van der Waals surface area contributed by atoms with Crippen molar-refractivity contribution < 1.29 is 4.74 Å². The van der Waals surface area contributed by atoms with Crippen molar-refractivity contribution in [1.82, 2.24) is 9.78 Å². The lowest BCUT2D eigenvalue weighted by atomic mass is 9.96. The lowest BCUT2D eigenvalue weighted by Crippen LogP contribution is -2.09. The highest BCUT2D eigenvalue weighted by atomic mass is 79.9. The van der Waals surface area contributed by atoms with Crippen molar-refractivity contribution in [2.75, 3.05) is 12.4 Å². The summed E-state index contributed by atoms with van der Waals surface area (Å²) in [6.07, 6.45) is 5.19. The third-order valence-electron chi connectivity index (χ3n) is 3.63. The summed E-state index contributed by atoms with van der Waals surface area (Å²) in [6.45, 7) is 0. The molecule has 20 heavy (non-hydrogen) atoms. The van der Waals surface area contributed by atoms with Crippen molar-refractivity contribution in [3.8, 4) is 5.75 Å². The van der Waals surface area contributed by atoms with E-state index in [1.807, 2.05) is 30.1 Å². The third-order valence-corrected chi connectivity index (χ3v) is 4.55. The zero-order chi connectivity index (χ0) is 14.4. The molecule has 0 aliphatic rings. The number of benzene rings is 1. The molecule has 0 bridgehead atoms. The van der Waals surface area contributed by atoms with Crippen molar-refractivity contribution >= 4 is 15.9 Å². The molecule has 4 heteroatoms. The molecule has 2 aromatic rings. The maximum Gasteiger partial charge on any atom is 0.118 e. The first-order valence-corrected chi connectivity index (χ1v) is 8.01. The van der Waals surface area contributed by atoms with Gasteiger partial charge in [0.05, 0.1) is 7.11 Å². The Bertz CT molecular complexity index is 522. The topological polar surface area (TPSA) is 27.1 Å². The van der Waals surface area contributed by atoms with E-state index in [0.717, 1.165) is 30.3 Å². The molecule has 0 amide bonds. The van der Waals surface area contributed by atoms with Crippen LogP contribution in [0.1, 0.15) is 17.7 Å². The minimum atomic E-state index is 0.637. The highest BCUT2D eigenvalue weighted by Crippen LogP contribution is 2.19. The molecular weight excluding hydrogens is 316 g/mol. The van der Waals surface area contributed by atoms with Gasteiger partial charge in [-0.05, 0) is 48.9 Å². The molecule has 0 saturated carbocycles. The molecule has 1 aromatic heterocycles. The van der Waals surface area contributed by atoms with Crippen LogP contribution in [0.25, 0.3) is 0 Å². The molecule has 1 unspecified atom stereocenters. The molecule has 0 spiro atoms. The smallest absolute Gasteiger partial charge is 0.118 e. The molecule has 0 N–H and O–H groups in total. The van der Waals surface area contributed by atoms with Gasteiger partial charge in [-0.2, -0.15) is 5.10 Å². The number of ether oxygens (including phenoxy) is 1. The van der Waals surface area contributed by atoms with E-state index < -0.39 is 0 Å². The molecule has 0 radical (unpaired) electrons. The van der Waals surface area contributed by atoms with Crippen LogP contribution in [0.4, 0.5) is 0 Å². The molecule has 1 heterocycles. The zero-order valence-corrected chi connectivity index (χ0v) is 13.6. The largest absolute Gasteiger partial charge is 0.497 e. The summed E-state index contributed by atoms with van der Waals surface area (Å²) in [4.78, 5) is 0. The summed E-state index contributed by atoms with van der Waals surface area (Å²) in [5, 5.41) is 5.24. The average Bonchev–Trinajstić information content (AvgIpc) is 2.89. The second-order valence-corrected chi connectivity index (χ2v) is 5.70. The number of nitrogens with zero attached hydrogens (tertiary/aromatic N) is 2. The van der Waals surface area contributed by atoms with Crippen molar-refractivity contribution in [2.45, 2.75) is 19.3 Å². The number of aromatic nitrogens is 2. The van der Waals surface area contributed by atoms with Crippen LogP contribution in [0, 0.1) is 5.92 Å². The number of hydrogen-bond donors (Lipinski definition) is 0. The fourth-order valence-electron chi connectivity index (χ4n) is 2.33. The highest BCUT2D eigenvalue weighted by molar-refractivity contribution is 9.09. The number of alkyl halides is 1. The maximum absolute atomic E-state index is 5.19. The SMILES string of the molecule is COc1ccc(CC(CBr)CCc2ccnn2C)cc1. The fraction of sp³-hybridized carbons (Fsp3) is 0.438. The molecule has 0 saturated heterocycles.